The smallest absolute Gasteiger partial charge is 0.227 e. The molecule has 110 valence electrons. The Morgan fingerprint density at radius 3 is 2.64 bits per heavy atom. The number of ether oxygens (including phenoxy) is 1. The molecule has 0 fully saturated rings. The summed E-state index contributed by atoms with van der Waals surface area (Å²) in [7, 11) is 0. The molecule has 1 N–H and O–H groups in total. The SMILES string of the molecule is Clc1cnc(Nc2cccc(OCc3ccccn3)c2)nc1. The average molecular weight is 313 g/mol. The van der Waals surface area contributed by atoms with E-state index in [1.54, 1.807) is 6.20 Å². The summed E-state index contributed by atoms with van der Waals surface area (Å²) in [5, 5.41) is 3.59. The van der Waals surface area contributed by atoms with Crippen LogP contribution in [0.15, 0.2) is 61.1 Å². The summed E-state index contributed by atoms with van der Waals surface area (Å²) in [5.74, 6) is 1.22. The van der Waals surface area contributed by atoms with Crippen molar-refractivity contribution in [2.24, 2.45) is 0 Å². The summed E-state index contributed by atoms with van der Waals surface area (Å²) in [4.78, 5) is 12.4. The molecule has 0 saturated heterocycles. The third kappa shape index (κ3) is 3.93. The van der Waals surface area contributed by atoms with Gasteiger partial charge in [-0.3, -0.25) is 4.98 Å². The molecule has 0 aliphatic heterocycles. The lowest BCUT2D eigenvalue weighted by atomic mass is 10.3. The highest BCUT2D eigenvalue weighted by molar-refractivity contribution is 6.30. The first-order valence-corrected chi connectivity index (χ1v) is 7.05. The number of aromatic nitrogens is 3. The van der Waals surface area contributed by atoms with Crippen LogP contribution in [0.2, 0.25) is 5.02 Å². The molecule has 0 radical (unpaired) electrons. The van der Waals surface area contributed by atoms with Crippen LogP contribution in [-0.2, 0) is 6.61 Å². The molecule has 2 aromatic heterocycles. The molecule has 0 unspecified atom stereocenters. The molecule has 0 spiro atoms. The molecular weight excluding hydrogens is 300 g/mol. The lowest BCUT2D eigenvalue weighted by Crippen LogP contribution is -1.99. The van der Waals surface area contributed by atoms with E-state index in [2.05, 4.69) is 20.3 Å². The maximum atomic E-state index is 5.76. The van der Waals surface area contributed by atoms with Gasteiger partial charge in [-0.1, -0.05) is 23.7 Å². The van der Waals surface area contributed by atoms with Gasteiger partial charge in [-0.05, 0) is 24.3 Å². The highest BCUT2D eigenvalue weighted by Crippen LogP contribution is 2.20. The van der Waals surface area contributed by atoms with Crippen molar-refractivity contribution in [2.45, 2.75) is 6.61 Å². The van der Waals surface area contributed by atoms with Crippen molar-refractivity contribution in [1.82, 2.24) is 15.0 Å². The van der Waals surface area contributed by atoms with E-state index in [4.69, 9.17) is 16.3 Å². The van der Waals surface area contributed by atoms with Crippen LogP contribution < -0.4 is 10.1 Å². The molecule has 0 aliphatic carbocycles. The first-order valence-electron chi connectivity index (χ1n) is 6.67. The number of hydrogen-bond acceptors (Lipinski definition) is 5. The summed E-state index contributed by atoms with van der Waals surface area (Å²) in [6, 6.07) is 13.3. The molecule has 6 heteroatoms. The van der Waals surface area contributed by atoms with Gasteiger partial charge in [-0.15, -0.1) is 0 Å². The lowest BCUT2D eigenvalue weighted by molar-refractivity contribution is 0.301. The molecule has 5 nitrogen and oxygen atoms in total. The van der Waals surface area contributed by atoms with Crippen molar-refractivity contribution in [3.8, 4) is 5.75 Å². The Morgan fingerprint density at radius 2 is 1.86 bits per heavy atom. The van der Waals surface area contributed by atoms with Crippen molar-refractivity contribution in [1.29, 1.82) is 0 Å². The van der Waals surface area contributed by atoms with Crippen LogP contribution in [-0.4, -0.2) is 15.0 Å². The van der Waals surface area contributed by atoms with Gasteiger partial charge in [0.25, 0.3) is 0 Å². The van der Waals surface area contributed by atoms with Gasteiger partial charge in [0.15, 0.2) is 0 Å². The summed E-state index contributed by atoms with van der Waals surface area (Å²) < 4.78 is 5.73. The summed E-state index contributed by atoms with van der Waals surface area (Å²) >= 11 is 5.76. The number of benzene rings is 1. The standard InChI is InChI=1S/C16H13ClN4O/c17-12-9-19-16(20-10-12)21-13-5-3-6-15(8-13)22-11-14-4-1-2-7-18-14/h1-10H,11H2,(H,19,20,21). The lowest BCUT2D eigenvalue weighted by Gasteiger charge is -2.08. The fraction of sp³-hybridized carbons (Fsp3) is 0.0625. The quantitative estimate of drug-likeness (QED) is 0.775. The average Bonchev–Trinajstić information content (AvgIpc) is 2.57. The third-order valence-electron chi connectivity index (χ3n) is 2.82. The van der Waals surface area contributed by atoms with Crippen LogP contribution in [0.25, 0.3) is 0 Å². The van der Waals surface area contributed by atoms with E-state index in [1.165, 1.54) is 12.4 Å². The van der Waals surface area contributed by atoms with E-state index in [0.29, 0.717) is 17.6 Å². The topological polar surface area (TPSA) is 59.9 Å². The van der Waals surface area contributed by atoms with E-state index >= 15 is 0 Å². The maximum absolute atomic E-state index is 5.76. The van der Waals surface area contributed by atoms with Crippen LogP contribution in [0.4, 0.5) is 11.6 Å². The Morgan fingerprint density at radius 1 is 1.00 bits per heavy atom. The van der Waals surface area contributed by atoms with Crippen molar-refractivity contribution in [3.63, 3.8) is 0 Å². The predicted molar refractivity (Wildman–Crippen MR) is 85.3 cm³/mol. The molecule has 3 rings (SSSR count). The molecule has 22 heavy (non-hydrogen) atoms. The first-order chi connectivity index (χ1) is 10.8. The monoisotopic (exact) mass is 312 g/mol. The second-order valence-electron chi connectivity index (χ2n) is 4.49. The minimum atomic E-state index is 0.418. The van der Waals surface area contributed by atoms with Gasteiger partial charge in [0, 0.05) is 18.0 Å². The van der Waals surface area contributed by atoms with Crippen LogP contribution in [0.3, 0.4) is 0 Å². The molecule has 1 aromatic carbocycles. The zero-order valence-electron chi connectivity index (χ0n) is 11.6. The third-order valence-corrected chi connectivity index (χ3v) is 3.02. The van der Waals surface area contributed by atoms with Crippen molar-refractivity contribution < 1.29 is 4.74 Å². The zero-order chi connectivity index (χ0) is 15.2. The van der Waals surface area contributed by atoms with Gasteiger partial charge >= 0.3 is 0 Å². The molecule has 0 bridgehead atoms. The van der Waals surface area contributed by atoms with E-state index in [9.17, 15) is 0 Å². The second kappa shape index (κ2) is 6.87. The van der Waals surface area contributed by atoms with Gasteiger partial charge in [0.05, 0.1) is 23.1 Å². The molecule has 0 saturated carbocycles. The summed E-state index contributed by atoms with van der Waals surface area (Å²) in [5.41, 5.74) is 1.71. The Labute approximate surface area is 133 Å². The summed E-state index contributed by atoms with van der Waals surface area (Å²) in [6.07, 6.45) is 4.82. The van der Waals surface area contributed by atoms with Gasteiger partial charge in [0.1, 0.15) is 12.4 Å². The van der Waals surface area contributed by atoms with Crippen LogP contribution in [0.5, 0.6) is 5.75 Å². The van der Waals surface area contributed by atoms with Crippen LogP contribution in [0.1, 0.15) is 5.69 Å². The van der Waals surface area contributed by atoms with Crippen LogP contribution in [0, 0.1) is 0 Å². The highest BCUT2D eigenvalue weighted by atomic mass is 35.5. The minimum Gasteiger partial charge on any atom is -0.487 e. The Balaban J connectivity index is 1.66. The number of hydrogen-bond donors (Lipinski definition) is 1. The van der Waals surface area contributed by atoms with Gasteiger partial charge < -0.3 is 10.1 Å². The number of nitrogens with one attached hydrogen (secondary N) is 1. The van der Waals surface area contributed by atoms with Crippen molar-refractivity contribution in [3.05, 3.63) is 71.8 Å². The second-order valence-corrected chi connectivity index (χ2v) is 4.92. The zero-order valence-corrected chi connectivity index (χ0v) is 12.4. The molecule has 3 aromatic rings. The van der Waals surface area contributed by atoms with E-state index in [1.807, 2.05) is 42.5 Å². The Bertz CT molecular complexity index is 735. The fourth-order valence-corrected chi connectivity index (χ4v) is 1.91. The van der Waals surface area contributed by atoms with Gasteiger partial charge in [-0.25, -0.2) is 9.97 Å². The molecule has 2 heterocycles. The Hall–Kier alpha value is -2.66. The molecule has 0 atom stereocenters. The summed E-state index contributed by atoms with van der Waals surface area (Å²) in [6.45, 7) is 0.418. The van der Waals surface area contributed by atoms with Gasteiger partial charge in [0.2, 0.25) is 5.95 Å². The normalized spacial score (nSPS) is 10.2. The molecule has 0 amide bonds. The first kappa shape index (κ1) is 14.3. The van der Waals surface area contributed by atoms with Gasteiger partial charge in [-0.2, -0.15) is 0 Å². The van der Waals surface area contributed by atoms with Crippen molar-refractivity contribution >= 4 is 23.2 Å². The van der Waals surface area contributed by atoms with Crippen LogP contribution >= 0.6 is 11.6 Å². The largest absolute Gasteiger partial charge is 0.487 e. The molecule has 0 aliphatic rings. The number of halogens is 1. The number of rotatable bonds is 5. The Kier molecular flexibility index (Phi) is 4.46. The van der Waals surface area contributed by atoms with E-state index in [-0.39, 0.29) is 0 Å². The van der Waals surface area contributed by atoms with E-state index < -0.39 is 0 Å². The number of pyridine rings is 1. The predicted octanol–water partition coefficient (Wildman–Crippen LogP) is 3.85. The maximum Gasteiger partial charge on any atom is 0.227 e. The van der Waals surface area contributed by atoms with Crippen molar-refractivity contribution in [2.75, 3.05) is 5.32 Å². The molecular formula is C16H13ClN4O. The fourth-order valence-electron chi connectivity index (χ4n) is 1.81. The number of nitrogens with zero attached hydrogens (tertiary/aromatic N) is 3. The highest BCUT2D eigenvalue weighted by Gasteiger charge is 2.01. The van der Waals surface area contributed by atoms with E-state index in [0.717, 1.165) is 17.1 Å². The minimum absolute atomic E-state index is 0.418. The number of anilines is 2.